The van der Waals surface area contributed by atoms with Gasteiger partial charge in [0.05, 0.1) is 0 Å². The van der Waals surface area contributed by atoms with Gasteiger partial charge in [-0.1, -0.05) is 5.16 Å². The van der Waals surface area contributed by atoms with Gasteiger partial charge >= 0.3 is 0 Å². The van der Waals surface area contributed by atoms with Gasteiger partial charge in [-0.3, -0.25) is 0 Å². The van der Waals surface area contributed by atoms with E-state index in [0.29, 0.717) is 5.89 Å². The van der Waals surface area contributed by atoms with Crippen LogP contribution in [0.25, 0.3) is 0 Å². The highest BCUT2D eigenvalue weighted by Crippen LogP contribution is 2.00. The summed E-state index contributed by atoms with van der Waals surface area (Å²) in [5, 5.41) is 6.90. The van der Waals surface area contributed by atoms with Gasteiger partial charge in [0, 0.05) is 33.1 Å². The Kier molecular flexibility index (Phi) is 5.17. The molecule has 5 nitrogen and oxygen atoms in total. The lowest BCUT2D eigenvalue weighted by Gasteiger charge is -1.93. The van der Waals surface area contributed by atoms with E-state index in [1.165, 1.54) is 0 Å². The molecule has 0 atom stereocenters. The zero-order valence-electron chi connectivity index (χ0n) is 8.75. The number of ether oxygens (including phenoxy) is 1. The molecule has 1 aromatic rings. The highest BCUT2D eigenvalue weighted by atomic mass is 16.5. The van der Waals surface area contributed by atoms with Crippen LogP contribution in [0, 0.1) is 0 Å². The summed E-state index contributed by atoms with van der Waals surface area (Å²) in [6.07, 6.45) is 2.53. The molecule has 0 radical (unpaired) electrons. The van der Waals surface area contributed by atoms with Crippen LogP contribution in [0.15, 0.2) is 4.52 Å². The first-order chi connectivity index (χ1) is 6.86. The molecule has 0 aliphatic carbocycles. The average Bonchev–Trinajstić information content (AvgIpc) is 2.63. The Bertz CT molecular complexity index is 250. The van der Waals surface area contributed by atoms with Crippen molar-refractivity contribution in [1.82, 2.24) is 15.5 Å². The first kappa shape index (κ1) is 11.1. The molecular weight excluding hydrogens is 182 g/mol. The van der Waals surface area contributed by atoms with E-state index in [-0.39, 0.29) is 0 Å². The molecule has 0 fully saturated rings. The molecule has 1 rings (SSSR count). The lowest BCUT2D eigenvalue weighted by molar-refractivity contribution is 0.194. The summed E-state index contributed by atoms with van der Waals surface area (Å²) in [6, 6.07) is 0. The minimum absolute atomic E-state index is 0.701. The average molecular weight is 199 g/mol. The largest absolute Gasteiger partial charge is 0.385 e. The summed E-state index contributed by atoms with van der Waals surface area (Å²) in [4.78, 5) is 4.25. The van der Waals surface area contributed by atoms with Crippen LogP contribution >= 0.6 is 0 Å². The van der Waals surface area contributed by atoms with Gasteiger partial charge in [0.25, 0.3) is 0 Å². The second-order valence-electron chi connectivity index (χ2n) is 3.05. The highest BCUT2D eigenvalue weighted by molar-refractivity contribution is 4.86. The highest BCUT2D eigenvalue weighted by Gasteiger charge is 2.04. The molecule has 1 aromatic heterocycles. The van der Waals surface area contributed by atoms with Gasteiger partial charge in [0.2, 0.25) is 5.89 Å². The third-order valence-electron chi connectivity index (χ3n) is 1.85. The van der Waals surface area contributed by atoms with Crippen molar-refractivity contribution in [2.45, 2.75) is 19.3 Å². The number of hydrogen-bond acceptors (Lipinski definition) is 5. The molecule has 14 heavy (non-hydrogen) atoms. The molecule has 1 heterocycles. The maximum atomic E-state index is 5.06. The van der Waals surface area contributed by atoms with E-state index in [1.807, 2.05) is 7.05 Å². The Morgan fingerprint density at radius 1 is 1.43 bits per heavy atom. The Labute approximate surface area is 83.8 Å². The van der Waals surface area contributed by atoms with E-state index >= 15 is 0 Å². The molecule has 5 heteroatoms. The Morgan fingerprint density at radius 2 is 2.29 bits per heavy atom. The van der Waals surface area contributed by atoms with Gasteiger partial charge in [0.15, 0.2) is 5.82 Å². The van der Waals surface area contributed by atoms with Gasteiger partial charge in [-0.15, -0.1) is 0 Å². The molecule has 0 spiro atoms. The SMILES string of the molecule is CNCCc1nc(CCCOC)no1. The van der Waals surface area contributed by atoms with Crippen LogP contribution in [0.2, 0.25) is 0 Å². The van der Waals surface area contributed by atoms with Crippen LogP contribution < -0.4 is 5.32 Å². The van der Waals surface area contributed by atoms with Crippen LogP contribution in [0.1, 0.15) is 18.1 Å². The number of hydrogen-bond donors (Lipinski definition) is 1. The fourth-order valence-electron chi connectivity index (χ4n) is 1.10. The molecule has 0 saturated heterocycles. The fourth-order valence-corrected chi connectivity index (χ4v) is 1.10. The predicted molar refractivity (Wildman–Crippen MR) is 52.1 cm³/mol. The zero-order valence-corrected chi connectivity index (χ0v) is 8.75. The summed E-state index contributed by atoms with van der Waals surface area (Å²) in [7, 11) is 3.59. The number of aryl methyl sites for hydroxylation is 1. The van der Waals surface area contributed by atoms with Crippen LogP contribution in [0.3, 0.4) is 0 Å². The fraction of sp³-hybridized carbons (Fsp3) is 0.778. The van der Waals surface area contributed by atoms with Gasteiger partial charge in [-0.2, -0.15) is 4.98 Å². The second kappa shape index (κ2) is 6.50. The number of nitrogens with one attached hydrogen (secondary N) is 1. The molecule has 0 aliphatic rings. The van der Waals surface area contributed by atoms with Crippen molar-refractivity contribution in [2.24, 2.45) is 0 Å². The number of nitrogens with zero attached hydrogens (tertiary/aromatic N) is 2. The molecule has 0 saturated carbocycles. The summed E-state index contributed by atoms with van der Waals surface area (Å²) < 4.78 is 9.99. The topological polar surface area (TPSA) is 60.2 Å². The number of aromatic nitrogens is 2. The second-order valence-corrected chi connectivity index (χ2v) is 3.05. The van der Waals surface area contributed by atoms with Crippen molar-refractivity contribution < 1.29 is 9.26 Å². The molecule has 80 valence electrons. The van der Waals surface area contributed by atoms with Gasteiger partial charge in [-0.25, -0.2) is 0 Å². The van der Waals surface area contributed by atoms with E-state index in [1.54, 1.807) is 7.11 Å². The maximum Gasteiger partial charge on any atom is 0.227 e. The van der Waals surface area contributed by atoms with Crippen LogP contribution in [0.5, 0.6) is 0 Å². The van der Waals surface area contributed by atoms with Crippen molar-refractivity contribution in [3.05, 3.63) is 11.7 Å². The molecule has 0 aliphatic heterocycles. The Balaban J connectivity index is 2.27. The number of likely N-dealkylation sites (N-methyl/N-ethyl adjacent to an activating group) is 1. The van der Waals surface area contributed by atoms with Crippen molar-refractivity contribution in [2.75, 3.05) is 27.3 Å². The summed E-state index contributed by atoms with van der Waals surface area (Å²) in [5.74, 6) is 1.47. The van der Waals surface area contributed by atoms with Gasteiger partial charge in [0.1, 0.15) is 0 Å². The van der Waals surface area contributed by atoms with Gasteiger partial charge in [-0.05, 0) is 13.5 Å². The van der Waals surface area contributed by atoms with Crippen molar-refractivity contribution >= 4 is 0 Å². The summed E-state index contributed by atoms with van der Waals surface area (Å²) in [6.45, 7) is 1.60. The van der Waals surface area contributed by atoms with E-state index in [2.05, 4.69) is 15.5 Å². The Morgan fingerprint density at radius 3 is 3.00 bits per heavy atom. The van der Waals surface area contributed by atoms with Crippen LogP contribution in [-0.2, 0) is 17.6 Å². The smallest absolute Gasteiger partial charge is 0.227 e. The summed E-state index contributed by atoms with van der Waals surface area (Å²) in [5.41, 5.74) is 0. The first-order valence-corrected chi connectivity index (χ1v) is 4.82. The predicted octanol–water partition coefficient (Wildman–Crippen LogP) is 0.410. The third kappa shape index (κ3) is 3.85. The van der Waals surface area contributed by atoms with Crippen LogP contribution in [0.4, 0.5) is 0 Å². The van der Waals surface area contributed by atoms with Crippen LogP contribution in [-0.4, -0.2) is 37.4 Å². The standard InChI is InChI=1S/C9H17N3O2/c1-10-6-5-9-11-8(12-14-9)4-3-7-13-2/h10H,3-7H2,1-2H3. The molecule has 0 unspecified atom stereocenters. The molecule has 0 aromatic carbocycles. The number of methoxy groups -OCH3 is 1. The molecule has 0 amide bonds. The van der Waals surface area contributed by atoms with E-state index in [9.17, 15) is 0 Å². The molecular formula is C9H17N3O2. The lowest BCUT2D eigenvalue weighted by atomic mass is 10.3. The van der Waals surface area contributed by atoms with E-state index in [0.717, 1.165) is 38.2 Å². The van der Waals surface area contributed by atoms with Crippen molar-refractivity contribution in [3.8, 4) is 0 Å². The normalized spacial score (nSPS) is 10.7. The third-order valence-corrected chi connectivity index (χ3v) is 1.85. The Hall–Kier alpha value is -0.940. The minimum atomic E-state index is 0.701. The summed E-state index contributed by atoms with van der Waals surface area (Å²) >= 11 is 0. The maximum absolute atomic E-state index is 5.06. The van der Waals surface area contributed by atoms with Crippen molar-refractivity contribution in [1.29, 1.82) is 0 Å². The van der Waals surface area contributed by atoms with Crippen molar-refractivity contribution in [3.63, 3.8) is 0 Å². The minimum Gasteiger partial charge on any atom is -0.385 e. The molecule has 0 bridgehead atoms. The quantitative estimate of drug-likeness (QED) is 0.644. The first-order valence-electron chi connectivity index (χ1n) is 4.82. The zero-order chi connectivity index (χ0) is 10.2. The van der Waals surface area contributed by atoms with E-state index in [4.69, 9.17) is 9.26 Å². The lowest BCUT2D eigenvalue weighted by Crippen LogP contribution is -2.10. The van der Waals surface area contributed by atoms with Gasteiger partial charge < -0.3 is 14.6 Å². The number of rotatable bonds is 7. The molecule has 1 N–H and O–H groups in total. The monoisotopic (exact) mass is 199 g/mol. The van der Waals surface area contributed by atoms with E-state index < -0.39 is 0 Å².